The van der Waals surface area contributed by atoms with E-state index in [0.717, 1.165) is 24.0 Å². The van der Waals surface area contributed by atoms with Crippen molar-refractivity contribution in [3.63, 3.8) is 0 Å². The molecular weight excluding hydrogens is 276 g/mol. The van der Waals surface area contributed by atoms with Gasteiger partial charge in [-0.05, 0) is 18.4 Å². The fourth-order valence-corrected chi connectivity index (χ4v) is 4.55. The molecule has 112 valence electrons. The molecular formula is C19H18O3. The standard InChI is InChI=1S/C19H18O3/c1-2-8-14(9-3-1)19-18(12-6-7-13-18)16-11-5-4-10-15(16)17(20-19)21-22-19/h1-5,8-11,17H,6-7,12-13H2/t17-,19+/m0/s1. The summed E-state index contributed by atoms with van der Waals surface area (Å²) in [7, 11) is 0. The number of benzene rings is 2. The first-order valence-electron chi connectivity index (χ1n) is 8.03. The molecule has 0 amide bonds. The van der Waals surface area contributed by atoms with E-state index in [0.29, 0.717) is 0 Å². The predicted molar refractivity (Wildman–Crippen MR) is 80.7 cm³/mol. The third-order valence-electron chi connectivity index (χ3n) is 5.50. The highest BCUT2D eigenvalue weighted by atomic mass is 17.3. The SMILES string of the molecule is c1ccc([C@]23OO[C@H](O2)c2ccccc2C32CCCC2)cc1. The molecule has 1 aliphatic carbocycles. The molecule has 0 radical (unpaired) electrons. The molecule has 2 bridgehead atoms. The summed E-state index contributed by atoms with van der Waals surface area (Å²) < 4.78 is 6.39. The molecule has 5 rings (SSSR count). The Balaban J connectivity index is 1.80. The minimum absolute atomic E-state index is 0.155. The van der Waals surface area contributed by atoms with E-state index in [1.165, 1.54) is 18.4 Å². The lowest BCUT2D eigenvalue weighted by Crippen LogP contribution is -2.51. The van der Waals surface area contributed by atoms with Gasteiger partial charge >= 0.3 is 0 Å². The smallest absolute Gasteiger partial charge is 0.240 e. The number of hydrogen-bond acceptors (Lipinski definition) is 3. The molecule has 2 aromatic rings. The van der Waals surface area contributed by atoms with Crippen LogP contribution in [0.2, 0.25) is 0 Å². The van der Waals surface area contributed by atoms with Gasteiger partial charge in [-0.25, -0.2) is 0 Å². The van der Waals surface area contributed by atoms with Crippen molar-refractivity contribution in [2.24, 2.45) is 0 Å². The van der Waals surface area contributed by atoms with Crippen molar-refractivity contribution in [2.75, 3.05) is 0 Å². The summed E-state index contributed by atoms with van der Waals surface area (Å²) in [6.07, 6.45) is 4.09. The average Bonchev–Trinajstić information content (AvgIpc) is 3.22. The van der Waals surface area contributed by atoms with Gasteiger partial charge in [0.1, 0.15) is 0 Å². The van der Waals surface area contributed by atoms with Crippen LogP contribution in [0.4, 0.5) is 0 Å². The third kappa shape index (κ3) is 1.42. The van der Waals surface area contributed by atoms with Crippen molar-refractivity contribution in [3.05, 3.63) is 71.3 Å². The highest BCUT2D eigenvalue weighted by Gasteiger charge is 2.66. The first kappa shape index (κ1) is 12.8. The van der Waals surface area contributed by atoms with Gasteiger partial charge < -0.3 is 4.74 Å². The van der Waals surface area contributed by atoms with Crippen LogP contribution in [0.5, 0.6) is 0 Å². The molecule has 2 aliphatic heterocycles. The summed E-state index contributed by atoms with van der Waals surface area (Å²) in [6.45, 7) is 0. The maximum atomic E-state index is 6.39. The van der Waals surface area contributed by atoms with Crippen LogP contribution >= 0.6 is 0 Å². The lowest BCUT2D eigenvalue weighted by atomic mass is 9.66. The van der Waals surface area contributed by atoms with Gasteiger partial charge in [-0.3, -0.25) is 0 Å². The second-order valence-corrected chi connectivity index (χ2v) is 6.49. The minimum Gasteiger partial charge on any atom is -0.306 e. The summed E-state index contributed by atoms with van der Waals surface area (Å²) in [5, 5.41) is 0. The van der Waals surface area contributed by atoms with Gasteiger partial charge in [0, 0.05) is 11.1 Å². The Morgan fingerprint density at radius 3 is 2.41 bits per heavy atom. The molecule has 2 fully saturated rings. The van der Waals surface area contributed by atoms with Crippen LogP contribution in [0.15, 0.2) is 54.6 Å². The quantitative estimate of drug-likeness (QED) is 0.732. The Morgan fingerprint density at radius 1 is 0.864 bits per heavy atom. The van der Waals surface area contributed by atoms with Gasteiger partial charge in [-0.1, -0.05) is 67.4 Å². The van der Waals surface area contributed by atoms with Crippen LogP contribution in [-0.4, -0.2) is 0 Å². The molecule has 0 N–H and O–H groups in total. The highest BCUT2D eigenvalue weighted by molar-refractivity contribution is 5.44. The van der Waals surface area contributed by atoms with Crippen LogP contribution in [0.3, 0.4) is 0 Å². The first-order valence-corrected chi connectivity index (χ1v) is 8.03. The van der Waals surface area contributed by atoms with E-state index in [-0.39, 0.29) is 5.41 Å². The molecule has 3 heteroatoms. The van der Waals surface area contributed by atoms with Crippen molar-refractivity contribution in [3.8, 4) is 0 Å². The number of hydrogen-bond donors (Lipinski definition) is 0. The van der Waals surface area contributed by atoms with Crippen LogP contribution in [0.25, 0.3) is 0 Å². The van der Waals surface area contributed by atoms with Gasteiger partial charge in [0.2, 0.25) is 12.1 Å². The van der Waals surface area contributed by atoms with Gasteiger partial charge in [-0.2, -0.15) is 9.78 Å². The Kier molecular flexibility index (Phi) is 2.57. The predicted octanol–water partition coefficient (Wildman–Crippen LogP) is 4.34. The summed E-state index contributed by atoms with van der Waals surface area (Å²) in [4.78, 5) is 11.6. The molecule has 22 heavy (non-hydrogen) atoms. The van der Waals surface area contributed by atoms with E-state index in [1.807, 2.05) is 24.3 Å². The first-order chi connectivity index (χ1) is 10.9. The minimum atomic E-state index is -0.816. The van der Waals surface area contributed by atoms with Crippen molar-refractivity contribution >= 4 is 0 Å². The van der Waals surface area contributed by atoms with E-state index in [1.54, 1.807) is 0 Å². The average molecular weight is 294 g/mol. The zero-order valence-corrected chi connectivity index (χ0v) is 12.3. The number of fused-ring (bicyclic) bond motifs is 6. The molecule has 1 saturated heterocycles. The molecule has 1 spiro atoms. The highest BCUT2D eigenvalue weighted by Crippen LogP contribution is 2.64. The second kappa shape index (κ2) is 4.42. The third-order valence-corrected chi connectivity index (χ3v) is 5.50. The van der Waals surface area contributed by atoms with Crippen LogP contribution in [0, 0.1) is 0 Å². The van der Waals surface area contributed by atoms with Crippen LogP contribution in [0.1, 0.15) is 48.7 Å². The summed E-state index contributed by atoms with van der Waals surface area (Å²) in [5.74, 6) is -0.816. The maximum Gasteiger partial charge on any atom is 0.240 e. The lowest BCUT2D eigenvalue weighted by molar-refractivity contribution is -0.353. The van der Waals surface area contributed by atoms with E-state index >= 15 is 0 Å². The molecule has 2 heterocycles. The van der Waals surface area contributed by atoms with Gasteiger partial charge in [-0.15, -0.1) is 0 Å². The van der Waals surface area contributed by atoms with Gasteiger partial charge in [0.15, 0.2) is 0 Å². The normalized spacial score (nSPS) is 31.4. The molecule has 1 saturated carbocycles. The summed E-state index contributed by atoms with van der Waals surface area (Å²) in [5.41, 5.74) is 3.35. The Labute approximate surface area is 129 Å². The zero-order chi connectivity index (χ0) is 14.6. The maximum absolute atomic E-state index is 6.39. The largest absolute Gasteiger partial charge is 0.306 e. The van der Waals surface area contributed by atoms with E-state index in [9.17, 15) is 0 Å². The number of rotatable bonds is 1. The zero-order valence-electron chi connectivity index (χ0n) is 12.3. The fourth-order valence-electron chi connectivity index (χ4n) is 4.55. The topological polar surface area (TPSA) is 27.7 Å². The van der Waals surface area contributed by atoms with E-state index in [4.69, 9.17) is 14.5 Å². The fraction of sp³-hybridized carbons (Fsp3) is 0.368. The summed E-state index contributed by atoms with van der Waals surface area (Å²) >= 11 is 0. The van der Waals surface area contributed by atoms with E-state index in [2.05, 4.69) is 30.3 Å². The van der Waals surface area contributed by atoms with Crippen molar-refractivity contribution in [1.29, 1.82) is 0 Å². The van der Waals surface area contributed by atoms with E-state index < -0.39 is 12.1 Å². The Morgan fingerprint density at radius 2 is 1.59 bits per heavy atom. The monoisotopic (exact) mass is 294 g/mol. The molecule has 2 atom stereocenters. The van der Waals surface area contributed by atoms with Crippen LogP contribution in [-0.2, 0) is 25.7 Å². The van der Waals surface area contributed by atoms with Crippen molar-refractivity contribution < 1.29 is 14.5 Å². The molecule has 0 unspecified atom stereocenters. The Bertz CT molecular complexity index is 706. The second-order valence-electron chi connectivity index (χ2n) is 6.49. The molecule has 3 nitrogen and oxygen atoms in total. The van der Waals surface area contributed by atoms with Crippen molar-refractivity contribution in [1.82, 2.24) is 0 Å². The van der Waals surface area contributed by atoms with Crippen molar-refractivity contribution in [2.45, 2.75) is 43.2 Å². The molecule has 0 aromatic heterocycles. The number of ether oxygens (including phenoxy) is 1. The molecule has 3 aliphatic rings. The van der Waals surface area contributed by atoms with Crippen LogP contribution < -0.4 is 0 Å². The van der Waals surface area contributed by atoms with Gasteiger partial charge in [0.05, 0.1) is 5.41 Å². The molecule has 2 aromatic carbocycles. The Hall–Kier alpha value is -1.68. The van der Waals surface area contributed by atoms with Gasteiger partial charge in [0.25, 0.3) is 0 Å². The summed E-state index contributed by atoms with van der Waals surface area (Å²) in [6, 6.07) is 18.7. The lowest BCUT2D eigenvalue weighted by Gasteiger charge is -2.46.